The van der Waals surface area contributed by atoms with E-state index < -0.39 is 11.0 Å². The van der Waals surface area contributed by atoms with E-state index in [0.29, 0.717) is 41.2 Å². The summed E-state index contributed by atoms with van der Waals surface area (Å²) in [6.07, 6.45) is 8.28. The number of ketones is 1. The molecular weight excluding hydrogens is 520 g/mol. The summed E-state index contributed by atoms with van der Waals surface area (Å²) in [5.74, 6) is 1.81. The third-order valence-electron chi connectivity index (χ3n) is 15.0. The van der Waals surface area contributed by atoms with Crippen LogP contribution in [-0.2, 0) is 10.4 Å². The molecule has 1 aliphatic heterocycles. The van der Waals surface area contributed by atoms with E-state index in [4.69, 9.17) is 0 Å². The number of nitrogens with one attached hydrogen (secondary N) is 1. The number of amides is 1. The number of rotatable bonds is 1. The molecule has 2 heterocycles. The van der Waals surface area contributed by atoms with Crippen LogP contribution >= 0.6 is 0 Å². The van der Waals surface area contributed by atoms with Crippen LogP contribution in [0.4, 0.5) is 0 Å². The summed E-state index contributed by atoms with van der Waals surface area (Å²) in [4.78, 5) is 31.4. The molecule has 5 aliphatic carbocycles. The van der Waals surface area contributed by atoms with Crippen molar-refractivity contribution in [2.45, 2.75) is 125 Å². The zero-order chi connectivity index (χ0) is 30.4. The molecule has 1 aromatic rings. The van der Waals surface area contributed by atoms with Crippen LogP contribution in [0.3, 0.4) is 0 Å². The highest BCUT2D eigenvalue weighted by molar-refractivity contribution is 6.00. The van der Waals surface area contributed by atoms with E-state index in [1.165, 1.54) is 12.0 Å². The predicted octanol–water partition coefficient (Wildman–Crippen LogP) is 7.30. The fourth-order valence-corrected chi connectivity index (χ4v) is 13.0. The Morgan fingerprint density at radius 2 is 1.64 bits per heavy atom. The Kier molecular flexibility index (Phi) is 5.73. The average molecular weight is 573 g/mol. The molecule has 4 fully saturated rings. The Hall–Kier alpha value is -2.01. The Labute approximate surface area is 252 Å². The zero-order valence-electron chi connectivity index (χ0n) is 27.4. The maximum Gasteiger partial charge on any atom is 0.270 e. The van der Waals surface area contributed by atoms with E-state index in [1.807, 2.05) is 19.1 Å². The summed E-state index contributed by atoms with van der Waals surface area (Å²) in [5, 5.41) is 16.1. The molecule has 0 bridgehead atoms. The van der Waals surface area contributed by atoms with Gasteiger partial charge in [-0.2, -0.15) is 0 Å². The number of pyridine rings is 1. The molecule has 1 aromatic heterocycles. The molecule has 4 saturated carbocycles. The van der Waals surface area contributed by atoms with Crippen molar-refractivity contribution < 1.29 is 14.7 Å². The quantitative estimate of drug-likeness (QED) is 0.370. The van der Waals surface area contributed by atoms with Gasteiger partial charge in [-0.25, -0.2) is 4.98 Å². The molecule has 5 nitrogen and oxygen atoms in total. The molecule has 0 spiro atoms. The number of aryl methyl sites for hydroxylation is 1. The van der Waals surface area contributed by atoms with Crippen molar-refractivity contribution in [2.24, 2.45) is 50.7 Å². The highest BCUT2D eigenvalue weighted by atomic mass is 16.3. The van der Waals surface area contributed by atoms with E-state index in [9.17, 15) is 14.7 Å². The van der Waals surface area contributed by atoms with Gasteiger partial charge in [0.2, 0.25) is 0 Å². The second-order valence-electron chi connectivity index (χ2n) is 17.3. The van der Waals surface area contributed by atoms with Gasteiger partial charge in [0.25, 0.3) is 5.91 Å². The molecule has 0 aromatic carbocycles. The Balaban J connectivity index is 1.33. The Morgan fingerprint density at radius 1 is 0.929 bits per heavy atom. The summed E-state index contributed by atoms with van der Waals surface area (Å²) in [6.45, 7) is 20.9. The smallest absolute Gasteiger partial charge is 0.270 e. The number of Topliss-reactive ketones (excluding diaryl/α,β-unsaturated/α-hetero) is 1. The predicted molar refractivity (Wildman–Crippen MR) is 165 cm³/mol. The second-order valence-corrected chi connectivity index (χ2v) is 17.3. The fraction of sp³-hybridized carbons (Fsp3) is 0.757. The van der Waals surface area contributed by atoms with Crippen LogP contribution in [-0.4, -0.2) is 27.8 Å². The first kappa shape index (κ1) is 28.7. The highest BCUT2D eigenvalue weighted by Crippen LogP contribution is 2.78. The number of aromatic nitrogens is 1. The number of fused-ring (bicyclic) bond motifs is 10. The molecule has 1 unspecified atom stereocenters. The third-order valence-corrected chi connectivity index (χ3v) is 15.0. The SMILES string of the molecule is Cc1ccc2c(n1)C(=O)NC1C[C@]3(C)[C@H]4CC[C@@H]5C6=C(C(C)C)C(=O)C[C@]6(C)CC[C@@]5(C)[C@]4(C)CC[C@H]3C(C)(C)[C@]21O. The summed E-state index contributed by atoms with van der Waals surface area (Å²) in [5.41, 5.74) is 3.25. The number of hydrogen-bond donors (Lipinski definition) is 2. The molecule has 9 atom stereocenters. The topological polar surface area (TPSA) is 79.3 Å². The minimum absolute atomic E-state index is 0.0220. The molecule has 1 amide bonds. The van der Waals surface area contributed by atoms with Gasteiger partial charge >= 0.3 is 0 Å². The van der Waals surface area contributed by atoms with Gasteiger partial charge < -0.3 is 10.4 Å². The van der Waals surface area contributed by atoms with E-state index in [2.05, 4.69) is 65.7 Å². The highest BCUT2D eigenvalue weighted by Gasteiger charge is 2.73. The number of aliphatic hydroxyl groups is 1. The lowest BCUT2D eigenvalue weighted by molar-refractivity contribution is -0.264. The van der Waals surface area contributed by atoms with Crippen molar-refractivity contribution in [1.82, 2.24) is 10.3 Å². The number of allylic oxidation sites excluding steroid dienone is 2. The van der Waals surface area contributed by atoms with Gasteiger partial charge in [0, 0.05) is 23.1 Å². The average Bonchev–Trinajstić information content (AvgIpc) is 3.17. The zero-order valence-corrected chi connectivity index (χ0v) is 27.4. The van der Waals surface area contributed by atoms with Crippen molar-refractivity contribution in [1.29, 1.82) is 0 Å². The van der Waals surface area contributed by atoms with E-state index in [-0.39, 0.29) is 39.5 Å². The first-order chi connectivity index (χ1) is 19.5. The maximum absolute atomic E-state index is 13.4. The van der Waals surface area contributed by atoms with Crippen molar-refractivity contribution >= 4 is 11.7 Å². The lowest BCUT2D eigenvalue weighted by Gasteiger charge is -2.74. The van der Waals surface area contributed by atoms with Gasteiger partial charge in [-0.3, -0.25) is 9.59 Å². The molecule has 228 valence electrons. The maximum atomic E-state index is 13.4. The first-order valence-electron chi connectivity index (χ1n) is 16.7. The molecular formula is C37H52N2O3. The Bertz CT molecular complexity index is 1440. The molecule has 5 heteroatoms. The van der Waals surface area contributed by atoms with Crippen molar-refractivity contribution in [3.63, 3.8) is 0 Å². The molecule has 2 N–H and O–H groups in total. The van der Waals surface area contributed by atoms with Crippen LogP contribution in [0, 0.1) is 57.7 Å². The third kappa shape index (κ3) is 3.12. The van der Waals surface area contributed by atoms with Gasteiger partial charge in [0.15, 0.2) is 5.78 Å². The lowest BCUT2D eigenvalue weighted by Crippen LogP contribution is -2.73. The minimum Gasteiger partial charge on any atom is -0.382 e. The lowest BCUT2D eigenvalue weighted by atomic mass is 9.31. The summed E-state index contributed by atoms with van der Waals surface area (Å²) in [6, 6.07) is 3.57. The van der Waals surface area contributed by atoms with Gasteiger partial charge in [-0.05, 0) is 109 Å². The Morgan fingerprint density at radius 3 is 2.33 bits per heavy atom. The molecule has 7 rings (SSSR count). The van der Waals surface area contributed by atoms with Crippen molar-refractivity contribution in [2.75, 3.05) is 0 Å². The minimum atomic E-state index is -1.16. The standard InChI is InChI=1S/C37H52N2O3/c1-20(2)28-24(40)18-33(6)16-17-35(8)22(29(28)33)12-13-26-34(7)19-27-37(42,32(4,5)25(34)14-15-36(26,35)9)23-11-10-21(3)38-30(23)31(41)39-27/h10-11,20,22,25-27,42H,12-19H2,1-9H3,(H,39,41)/t22-,25+,26-,27?,33+,34+,35-,36-,37+/m1/s1. The largest absolute Gasteiger partial charge is 0.382 e. The van der Waals surface area contributed by atoms with Crippen LogP contribution in [0.25, 0.3) is 0 Å². The fourth-order valence-electron chi connectivity index (χ4n) is 13.0. The van der Waals surface area contributed by atoms with Crippen LogP contribution in [0.5, 0.6) is 0 Å². The molecule has 0 saturated heterocycles. The van der Waals surface area contributed by atoms with Crippen LogP contribution in [0.15, 0.2) is 23.3 Å². The van der Waals surface area contributed by atoms with Crippen molar-refractivity contribution in [3.8, 4) is 0 Å². The molecule has 0 radical (unpaired) electrons. The normalized spacial score (nSPS) is 47.1. The van der Waals surface area contributed by atoms with Gasteiger partial charge in [0.1, 0.15) is 11.3 Å². The van der Waals surface area contributed by atoms with Gasteiger partial charge in [-0.1, -0.05) is 67.0 Å². The molecule has 6 aliphatic rings. The number of carbonyl (C=O) groups excluding carboxylic acids is 2. The van der Waals surface area contributed by atoms with Crippen molar-refractivity contribution in [3.05, 3.63) is 40.2 Å². The monoisotopic (exact) mass is 572 g/mol. The van der Waals surface area contributed by atoms with E-state index in [1.54, 1.807) is 0 Å². The van der Waals surface area contributed by atoms with Gasteiger partial charge in [-0.15, -0.1) is 0 Å². The molecule has 42 heavy (non-hydrogen) atoms. The summed E-state index contributed by atoms with van der Waals surface area (Å²) in [7, 11) is 0. The van der Waals surface area contributed by atoms with E-state index >= 15 is 0 Å². The summed E-state index contributed by atoms with van der Waals surface area (Å²) < 4.78 is 0. The van der Waals surface area contributed by atoms with Crippen LogP contribution in [0.2, 0.25) is 0 Å². The van der Waals surface area contributed by atoms with Crippen LogP contribution in [0.1, 0.15) is 129 Å². The number of nitrogens with zero attached hydrogens (tertiary/aromatic N) is 1. The number of hydrogen-bond acceptors (Lipinski definition) is 4. The van der Waals surface area contributed by atoms with E-state index in [0.717, 1.165) is 49.8 Å². The number of carbonyl (C=O) groups is 2. The first-order valence-corrected chi connectivity index (χ1v) is 16.7. The van der Waals surface area contributed by atoms with Crippen LogP contribution < -0.4 is 5.32 Å². The second kappa shape index (κ2) is 8.37. The van der Waals surface area contributed by atoms with Gasteiger partial charge in [0.05, 0.1) is 6.04 Å². The summed E-state index contributed by atoms with van der Waals surface area (Å²) >= 11 is 0.